The van der Waals surface area contributed by atoms with E-state index in [0.29, 0.717) is 6.42 Å². The van der Waals surface area contributed by atoms with Crippen LogP contribution in [0.2, 0.25) is 0 Å². The van der Waals surface area contributed by atoms with Gasteiger partial charge in [-0.1, -0.05) is 13.8 Å². The van der Waals surface area contributed by atoms with Gasteiger partial charge in [0.25, 0.3) is 5.95 Å². The van der Waals surface area contributed by atoms with Crippen LogP contribution < -0.4 is 10.6 Å². The third-order valence-corrected chi connectivity index (χ3v) is 2.36. The molecule has 0 aromatic carbocycles. The summed E-state index contributed by atoms with van der Waals surface area (Å²) in [6.45, 7) is 3.94. The first-order valence-electron chi connectivity index (χ1n) is 6.05. The second kappa shape index (κ2) is 7.24. The van der Waals surface area contributed by atoms with Gasteiger partial charge >= 0.3 is 12.0 Å². The Hall–Kier alpha value is -2.25. The van der Waals surface area contributed by atoms with Gasteiger partial charge in [0.15, 0.2) is 0 Å². The van der Waals surface area contributed by atoms with Crippen LogP contribution in [0.4, 0.5) is 10.7 Å². The molecule has 1 rings (SSSR count). The average Bonchev–Trinajstić information content (AvgIpc) is 2.38. The van der Waals surface area contributed by atoms with Crippen LogP contribution in [0.15, 0.2) is 0 Å². The Kier molecular flexibility index (Phi) is 5.65. The quantitative estimate of drug-likeness (QED) is 0.694. The molecule has 19 heavy (non-hydrogen) atoms. The zero-order valence-corrected chi connectivity index (χ0v) is 10.9. The van der Waals surface area contributed by atoms with Crippen LogP contribution in [0.1, 0.15) is 31.7 Å². The Balaban J connectivity index is 2.57. The molecule has 0 bridgehead atoms. The lowest BCUT2D eigenvalue weighted by atomic mass is 10.2. The molecule has 0 fully saturated rings. The summed E-state index contributed by atoms with van der Waals surface area (Å²) in [5, 5.41) is 21.0. The van der Waals surface area contributed by atoms with Crippen molar-refractivity contribution in [3.63, 3.8) is 0 Å². The van der Waals surface area contributed by atoms with Crippen molar-refractivity contribution in [3.8, 4) is 0 Å². The number of carboxylic acids is 1. The Morgan fingerprint density at radius 1 is 1.16 bits per heavy atom. The average molecular weight is 267 g/mol. The molecule has 104 valence electrons. The molecule has 8 nitrogen and oxygen atoms in total. The van der Waals surface area contributed by atoms with Crippen molar-refractivity contribution in [2.45, 2.75) is 33.1 Å². The van der Waals surface area contributed by atoms with Gasteiger partial charge in [-0.2, -0.15) is 0 Å². The van der Waals surface area contributed by atoms with Gasteiger partial charge in [-0.05, 0) is 12.8 Å². The van der Waals surface area contributed by atoms with Crippen LogP contribution in [0.25, 0.3) is 0 Å². The molecule has 0 saturated carbocycles. The minimum absolute atomic E-state index is 0.0439. The molecule has 1 heterocycles. The van der Waals surface area contributed by atoms with E-state index in [1.54, 1.807) is 0 Å². The van der Waals surface area contributed by atoms with E-state index in [4.69, 9.17) is 5.11 Å². The van der Waals surface area contributed by atoms with Crippen molar-refractivity contribution < 1.29 is 14.7 Å². The molecule has 3 N–H and O–H groups in total. The number of carboxylic acid groups (broad SMARTS) is 1. The van der Waals surface area contributed by atoms with Gasteiger partial charge in [0.1, 0.15) is 0 Å². The number of aromatic nitrogens is 3. The number of anilines is 1. The zero-order valence-electron chi connectivity index (χ0n) is 10.9. The normalized spacial score (nSPS) is 10.0. The van der Waals surface area contributed by atoms with Crippen molar-refractivity contribution in [2.75, 3.05) is 11.9 Å². The minimum Gasteiger partial charge on any atom is -0.481 e. The summed E-state index contributed by atoms with van der Waals surface area (Å²) in [7, 11) is 0. The number of rotatable bonds is 6. The lowest BCUT2D eigenvalue weighted by Gasteiger charge is -2.07. The van der Waals surface area contributed by atoms with E-state index in [2.05, 4.69) is 25.8 Å². The minimum atomic E-state index is -0.973. The van der Waals surface area contributed by atoms with Crippen molar-refractivity contribution in [1.82, 2.24) is 20.5 Å². The number of amides is 2. The van der Waals surface area contributed by atoms with E-state index in [0.717, 1.165) is 17.8 Å². The van der Waals surface area contributed by atoms with Gasteiger partial charge in [-0.25, -0.2) is 9.78 Å². The Labute approximate surface area is 110 Å². The summed E-state index contributed by atoms with van der Waals surface area (Å²) in [6.07, 6.45) is 1.30. The monoisotopic (exact) mass is 267 g/mol. The van der Waals surface area contributed by atoms with Crippen molar-refractivity contribution in [1.29, 1.82) is 0 Å². The fourth-order valence-corrected chi connectivity index (χ4v) is 1.42. The van der Waals surface area contributed by atoms with Crippen molar-refractivity contribution >= 4 is 17.9 Å². The maximum absolute atomic E-state index is 11.4. The molecule has 0 aliphatic rings. The largest absolute Gasteiger partial charge is 0.481 e. The maximum Gasteiger partial charge on any atom is 0.321 e. The second-order valence-electron chi connectivity index (χ2n) is 3.76. The smallest absolute Gasteiger partial charge is 0.321 e. The Morgan fingerprint density at radius 3 is 2.42 bits per heavy atom. The van der Waals surface area contributed by atoms with Crippen LogP contribution in [0.3, 0.4) is 0 Å². The van der Waals surface area contributed by atoms with E-state index < -0.39 is 12.0 Å². The number of nitrogens with one attached hydrogen (secondary N) is 2. The highest BCUT2D eigenvalue weighted by atomic mass is 16.4. The van der Waals surface area contributed by atoms with Gasteiger partial charge in [-0.3, -0.25) is 10.1 Å². The van der Waals surface area contributed by atoms with E-state index >= 15 is 0 Å². The number of urea groups is 1. The Morgan fingerprint density at radius 2 is 1.84 bits per heavy atom. The molecule has 0 saturated heterocycles. The molecule has 0 radical (unpaired) electrons. The first-order chi connectivity index (χ1) is 9.06. The van der Waals surface area contributed by atoms with E-state index in [9.17, 15) is 9.59 Å². The van der Waals surface area contributed by atoms with Crippen molar-refractivity contribution in [2.24, 2.45) is 0 Å². The highest BCUT2D eigenvalue weighted by Gasteiger charge is 2.09. The molecule has 1 aromatic rings. The number of hydrogen-bond donors (Lipinski definition) is 3. The summed E-state index contributed by atoms with van der Waals surface area (Å²) in [4.78, 5) is 25.9. The summed E-state index contributed by atoms with van der Waals surface area (Å²) in [5.74, 6) is -0.861. The summed E-state index contributed by atoms with van der Waals surface area (Å²) >= 11 is 0. The fourth-order valence-electron chi connectivity index (χ4n) is 1.42. The van der Waals surface area contributed by atoms with Gasteiger partial charge in [0.2, 0.25) is 0 Å². The first-order valence-corrected chi connectivity index (χ1v) is 6.05. The number of carbonyl (C=O) groups excluding carboxylic acids is 1. The molecule has 0 aliphatic heterocycles. The van der Waals surface area contributed by atoms with Crippen LogP contribution in [0.5, 0.6) is 0 Å². The third kappa shape index (κ3) is 4.86. The first kappa shape index (κ1) is 14.8. The lowest BCUT2D eigenvalue weighted by molar-refractivity contribution is -0.136. The number of aliphatic carboxylic acids is 1. The molecular weight excluding hydrogens is 250 g/mol. The molecular formula is C11H17N5O3. The van der Waals surface area contributed by atoms with Gasteiger partial charge in [-0.15, -0.1) is 10.2 Å². The zero-order chi connectivity index (χ0) is 14.3. The van der Waals surface area contributed by atoms with Crippen LogP contribution >= 0.6 is 0 Å². The summed E-state index contributed by atoms with van der Waals surface area (Å²) < 4.78 is 0. The number of hydrogen-bond acceptors (Lipinski definition) is 5. The maximum atomic E-state index is 11.4. The van der Waals surface area contributed by atoms with Gasteiger partial charge < -0.3 is 10.4 Å². The number of aryl methyl sites for hydroxylation is 2. The SMILES string of the molecule is CCc1nnc(NC(=O)NCCC(=O)O)nc1CC. The number of carbonyl (C=O) groups is 2. The second-order valence-corrected chi connectivity index (χ2v) is 3.76. The predicted molar refractivity (Wildman–Crippen MR) is 67.9 cm³/mol. The van der Waals surface area contributed by atoms with Crippen LogP contribution in [0, 0.1) is 0 Å². The molecule has 1 aromatic heterocycles. The van der Waals surface area contributed by atoms with Gasteiger partial charge in [0, 0.05) is 6.54 Å². The van der Waals surface area contributed by atoms with E-state index in [1.807, 2.05) is 13.8 Å². The predicted octanol–water partition coefficient (Wildman–Crippen LogP) is 0.593. The molecule has 8 heteroatoms. The van der Waals surface area contributed by atoms with E-state index in [-0.39, 0.29) is 18.9 Å². The summed E-state index contributed by atoms with van der Waals surface area (Å²) in [6, 6.07) is -0.547. The third-order valence-electron chi connectivity index (χ3n) is 2.36. The molecule has 2 amide bonds. The molecule has 0 spiro atoms. The molecule has 0 atom stereocenters. The standard InChI is InChI=1S/C11H17N5O3/c1-3-7-8(4-2)15-16-10(13-7)14-11(19)12-6-5-9(17)18/h3-6H2,1-2H3,(H,17,18)(H2,12,13,14,16,19). The number of nitrogens with zero attached hydrogens (tertiary/aromatic N) is 3. The highest BCUT2D eigenvalue weighted by molar-refractivity contribution is 5.87. The van der Waals surface area contributed by atoms with Crippen LogP contribution in [-0.2, 0) is 17.6 Å². The Bertz CT molecular complexity index is 464. The van der Waals surface area contributed by atoms with E-state index in [1.165, 1.54) is 0 Å². The lowest BCUT2D eigenvalue weighted by Crippen LogP contribution is -2.31. The van der Waals surface area contributed by atoms with Crippen molar-refractivity contribution in [3.05, 3.63) is 11.4 Å². The highest BCUT2D eigenvalue weighted by Crippen LogP contribution is 2.06. The summed E-state index contributed by atoms with van der Waals surface area (Å²) in [5.41, 5.74) is 1.60. The fraction of sp³-hybridized carbons (Fsp3) is 0.545. The van der Waals surface area contributed by atoms with Gasteiger partial charge in [0.05, 0.1) is 17.8 Å². The van der Waals surface area contributed by atoms with Crippen LogP contribution in [-0.4, -0.2) is 38.8 Å². The molecule has 0 unspecified atom stereocenters. The topological polar surface area (TPSA) is 117 Å². The molecule has 0 aliphatic carbocycles.